The first-order valence-corrected chi connectivity index (χ1v) is 4.83. The SMILES string of the molecule is C=CC(CC/C=C/C/C=C/C)C(=O)O. The van der Waals surface area contributed by atoms with Gasteiger partial charge in [0.05, 0.1) is 5.92 Å². The van der Waals surface area contributed by atoms with Crippen molar-refractivity contribution in [3.8, 4) is 0 Å². The fourth-order valence-corrected chi connectivity index (χ4v) is 1.05. The lowest BCUT2D eigenvalue weighted by Gasteiger charge is -2.03. The highest BCUT2D eigenvalue weighted by atomic mass is 16.4. The van der Waals surface area contributed by atoms with Crippen LogP contribution in [-0.2, 0) is 4.79 Å². The van der Waals surface area contributed by atoms with Crippen LogP contribution in [0.25, 0.3) is 0 Å². The van der Waals surface area contributed by atoms with Crippen LogP contribution < -0.4 is 0 Å². The molecule has 0 aliphatic rings. The molecule has 1 atom stereocenters. The van der Waals surface area contributed by atoms with E-state index in [1.165, 1.54) is 6.08 Å². The smallest absolute Gasteiger partial charge is 0.310 e. The summed E-state index contributed by atoms with van der Waals surface area (Å²) in [6, 6.07) is 0. The Morgan fingerprint density at radius 1 is 1.43 bits per heavy atom. The minimum atomic E-state index is -0.790. The van der Waals surface area contributed by atoms with Crippen molar-refractivity contribution in [2.24, 2.45) is 5.92 Å². The Morgan fingerprint density at radius 2 is 2.14 bits per heavy atom. The van der Waals surface area contributed by atoms with Crippen LogP contribution in [0.5, 0.6) is 0 Å². The van der Waals surface area contributed by atoms with Crippen LogP contribution in [0.15, 0.2) is 37.0 Å². The largest absolute Gasteiger partial charge is 0.481 e. The Bertz CT molecular complexity index is 226. The van der Waals surface area contributed by atoms with Crippen LogP contribution in [0.3, 0.4) is 0 Å². The number of carbonyl (C=O) groups is 1. The van der Waals surface area contributed by atoms with Crippen molar-refractivity contribution < 1.29 is 9.90 Å². The first kappa shape index (κ1) is 12.7. The van der Waals surface area contributed by atoms with Gasteiger partial charge in [-0.3, -0.25) is 4.79 Å². The van der Waals surface area contributed by atoms with E-state index >= 15 is 0 Å². The van der Waals surface area contributed by atoms with Crippen molar-refractivity contribution in [2.45, 2.75) is 26.2 Å². The molecule has 0 radical (unpaired) electrons. The van der Waals surface area contributed by atoms with Gasteiger partial charge in [0.1, 0.15) is 0 Å². The fraction of sp³-hybridized carbons (Fsp3) is 0.417. The van der Waals surface area contributed by atoms with E-state index in [-0.39, 0.29) is 0 Å². The molecule has 0 amide bonds. The molecule has 2 heteroatoms. The van der Waals surface area contributed by atoms with Crippen LogP contribution in [0, 0.1) is 5.92 Å². The summed E-state index contributed by atoms with van der Waals surface area (Å²) in [6.07, 6.45) is 11.9. The van der Waals surface area contributed by atoms with E-state index in [1.807, 2.05) is 25.2 Å². The number of hydrogen-bond acceptors (Lipinski definition) is 1. The fourth-order valence-electron chi connectivity index (χ4n) is 1.05. The van der Waals surface area contributed by atoms with Gasteiger partial charge in [0, 0.05) is 0 Å². The molecule has 0 saturated carbocycles. The number of hydrogen-bond donors (Lipinski definition) is 1. The second kappa shape index (κ2) is 8.30. The maximum atomic E-state index is 10.6. The molecule has 0 aromatic rings. The zero-order chi connectivity index (χ0) is 10.8. The first-order chi connectivity index (χ1) is 6.72. The van der Waals surface area contributed by atoms with Crippen LogP contribution in [-0.4, -0.2) is 11.1 Å². The van der Waals surface area contributed by atoms with Crippen molar-refractivity contribution in [1.82, 2.24) is 0 Å². The summed E-state index contributed by atoms with van der Waals surface area (Å²) in [6.45, 7) is 5.47. The molecule has 0 aromatic heterocycles. The quantitative estimate of drug-likeness (QED) is 0.632. The Balaban J connectivity index is 3.65. The molecule has 0 saturated heterocycles. The van der Waals surface area contributed by atoms with Crippen LogP contribution in [0.4, 0.5) is 0 Å². The molecular formula is C12H18O2. The monoisotopic (exact) mass is 194 g/mol. The number of aliphatic carboxylic acids is 1. The molecule has 0 aliphatic carbocycles. The zero-order valence-corrected chi connectivity index (χ0v) is 8.65. The van der Waals surface area contributed by atoms with Gasteiger partial charge in [-0.15, -0.1) is 6.58 Å². The van der Waals surface area contributed by atoms with E-state index in [1.54, 1.807) is 0 Å². The molecule has 14 heavy (non-hydrogen) atoms. The maximum absolute atomic E-state index is 10.6. The normalized spacial score (nSPS) is 13.5. The summed E-state index contributed by atoms with van der Waals surface area (Å²) < 4.78 is 0. The van der Waals surface area contributed by atoms with E-state index in [4.69, 9.17) is 5.11 Å². The summed E-state index contributed by atoms with van der Waals surface area (Å²) >= 11 is 0. The molecule has 0 aliphatic heterocycles. The molecule has 1 unspecified atom stereocenters. The van der Waals surface area contributed by atoms with Gasteiger partial charge in [-0.1, -0.05) is 30.4 Å². The predicted octanol–water partition coefficient (Wildman–Crippen LogP) is 3.18. The Morgan fingerprint density at radius 3 is 2.64 bits per heavy atom. The lowest BCUT2D eigenvalue weighted by atomic mass is 10.0. The zero-order valence-electron chi connectivity index (χ0n) is 8.65. The van der Waals surface area contributed by atoms with Crippen LogP contribution in [0.2, 0.25) is 0 Å². The van der Waals surface area contributed by atoms with Gasteiger partial charge in [0.15, 0.2) is 0 Å². The Hall–Kier alpha value is -1.31. The van der Waals surface area contributed by atoms with Gasteiger partial charge < -0.3 is 5.11 Å². The van der Waals surface area contributed by atoms with Crippen LogP contribution in [0.1, 0.15) is 26.2 Å². The molecular weight excluding hydrogens is 176 g/mol. The van der Waals surface area contributed by atoms with E-state index in [0.717, 1.165) is 12.8 Å². The molecule has 0 rings (SSSR count). The van der Waals surface area contributed by atoms with E-state index in [9.17, 15) is 4.79 Å². The van der Waals surface area contributed by atoms with E-state index in [0.29, 0.717) is 6.42 Å². The van der Waals surface area contributed by atoms with Gasteiger partial charge in [-0.05, 0) is 26.2 Å². The summed E-state index contributed by atoms with van der Waals surface area (Å²) in [4.78, 5) is 10.6. The molecule has 0 fully saturated rings. The van der Waals surface area contributed by atoms with Crippen molar-refractivity contribution in [1.29, 1.82) is 0 Å². The minimum Gasteiger partial charge on any atom is -0.481 e. The molecule has 1 N–H and O–H groups in total. The average molecular weight is 194 g/mol. The molecule has 0 bridgehead atoms. The molecule has 0 spiro atoms. The third-order valence-electron chi connectivity index (χ3n) is 1.92. The predicted molar refractivity (Wildman–Crippen MR) is 59.1 cm³/mol. The van der Waals surface area contributed by atoms with Crippen molar-refractivity contribution in [3.05, 3.63) is 37.0 Å². The Kier molecular flexibility index (Phi) is 7.52. The third-order valence-corrected chi connectivity index (χ3v) is 1.92. The summed E-state index contributed by atoms with van der Waals surface area (Å²) in [5, 5.41) is 8.71. The lowest BCUT2D eigenvalue weighted by molar-refractivity contribution is -0.140. The van der Waals surface area contributed by atoms with Crippen molar-refractivity contribution >= 4 is 5.97 Å². The minimum absolute atomic E-state index is 0.415. The average Bonchev–Trinajstić information content (AvgIpc) is 2.16. The highest BCUT2D eigenvalue weighted by molar-refractivity contribution is 5.71. The maximum Gasteiger partial charge on any atom is 0.310 e. The van der Waals surface area contributed by atoms with Gasteiger partial charge >= 0.3 is 5.97 Å². The second-order valence-electron chi connectivity index (χ2n) is 3.03. The number of carboxylic acids is 1. The number of rotatable bonds is 7. The Labute approximate surface area is 85.6 Å². The molecule has 2 nitrogen and oxygen atoms in total. The first-order valence-electron chi connectivity index (χ1n) is 4.83. The van der Waals surface area contributed by atoms with Gasteiger partial charge in [-0.25, -0.2) is 0 Å². The lowest BCUT2D eigenvalue weighted by Crippen LogP contribution is -2.09. The topological polar surface area (TPSA) is 37.3 Å². The van der Waals surface area contributed by atoms with Gasteiger partial charge in [0.25, 0.3) is 0 Å². The molecule has 0 aromatic carbocycles. The number of carboxylic acid groups (broad SMARTS) is 1. The molecule has 0 heterocycles. The summed E-state index contributed by atoms with van der Waals surface area (Å²) in [7, 11) is 0. The third kappa shape index (κ3) is 6.23. The summed E-state index contributed by atoms with van der Waals surface area (Å²) in [5.41, 5.74) is 0. The summed E-state index contributed by atoms with van der Waals surface area (Å²) in [5.74, 6) is -1.21. The van der Waals surface area contributed by atoms with Gasteiger partial charge in [0.2, 0.25) is 0 Å². The standard InChI is InChI=1S/C12H18O2/c1-3-5-6-7-8-9-10-11(4-2)12(13)14/h3-5,7-8,11H,2,6,9-10H2,1H3,(H,13,14)/b5-3+,8-7+. The van der Waals surface area contributed by atoms with Crippen molar-refractivity contribution in [2.75, 3.05) is 0 Å². The van der Waals surface area contributed by atoms with Gasteiger partial charge in [-0.2, -0.15) is 0 Å². The molecule has 78 valence electrons. The van der Waals surface area contributed by atoms with E-state index < -0.39 is 11.9 Å². The van der Waals surface area contributed by atoms with Crippen molar-refractivity contribution in [3.63, 3.8) is 0 Å². The highest BCUT2D eigenvalue weighted by Gasteiger charge is 2.10. The second-order valence-corrected chi connectivity index (χ2v) is 3.03. The highest BCUT2D eigenvalue weighted by Crippen LogP contribution is 2.08. The van der Waals surface area contributed by atoms with E-state index in [2.05, 4.69) is 12.7 Å². The van der Waals surface area contributed by atoms with Crippen LogP contribution >= 0.6 is 0 Å². The number of allylic oxidation sites excluding steroid dienone is 4.